The van der Waals surface area contributed by atoms with E-state index < -0.39 is 78.9 Å². The van der Waals surface area contributed by atoms with Gasteiger partial charge in [-0.15, -0.1) is 0 Å². The Kier molecular flexibility index (Phi) is 20.1. The smallest absolute Gasteiger partial charge is 0.325 e. The number of unbranched alkanes of at least 4 members (excludes halogenated alkanes) is 7. The van der Waals surface area contributed by atoms with Gasteiger partial charge in [0.1, 0.15) is 36.8 Å². The van der Waals surface area contributed by atoms with Gasteiger partial charge >= 0.3 is 5.97 Å². The Bertz CT molecular complexity index is 1130. The summed E-state index contributed by atoms with van der Waals surface area (Å²) in [6.07, 6.45) is 12.6. The van der Waals surface area contributed by atoms with Crippen molar-refractivity contribution in [3.8, 4) is 0 Å². The van der Waals surface area contributed by atoms with Crippen molar-refractivity contribution in [1.29, 1.82) is 0 Å². The molecule has 51 heavy (non-hydrogen) atoms. The fraction of sp³-hybridized carbons (Fsp3) is 0.838. The Morgan fingerprint density at radius 1 is 0.824 bits per heavy atom. The van der Waals surface area contributed by atoms with Crippen molar-refractivity contribution in [2.75, 3.05) is 26.7 Å². The van der Waals surface area contributed by atoms with Gasteiger partial charge in [0.05, 0.1) is 12.5 Å². The van der Waals surface area contributed by atoms with E-state index in [-0.39, 0.29) is 24.3 Å². The number of hydrogen-bond acceptors (Lipinski definition) is 9. The lowest BCUT2D eigenvalue weighted by Gasteiger charge is -2.36. The minimum absolute atomic E-state index is 0.0224. The van der Waals surface area contributed by atoms with E-state index in [0.29, 0.717) is 32.1 Å². The highest BCUT2D eigenvalue weighted by atomic mass is 16.5. The lowest BCUT2D eigenvalue weighted by atomic mass is 9.83. The predicted molar refractivity (Wildman–Crippen MR) is 194 cm³/mol. The molecule has 0 aromatic rings. The first-order valence-corrected chi connectivity index (χ1v) is 19.3. The molecule has 2 rings (SSSR count). The van der Waals surface area contributed by atoms with E-state index in [9.17, 15) is 33.9 Å². The summed E-state index contributed by atoms with van der Waals surface area (Å²) in [6.45, 7) is 6.08. The first-order valence-electron chi connectivity index (χ1n) is 19.3. The average Bonchev–Trinajstić information content (AvgIpc) is 3.12. The Morgan fingerprint density at radius 3 is 2.02 bits per heavy atom. The molecule has 0 aromatic carbocycles. The summed E-state index contributed by atoms with van der Waals surface area (Å²) in [7, 11) is 1.56. The van der Waals surface area contributed by atoms with Crippen LogP contribution in [0.3, 0.4) is 0 Å². The molecular weight excluding hydrogens is 656 g/mol. The summed E-state index contributed by atoms with van der Waals surface area (Å²) in [5.41, 5.74) is 5.87. The van der Waals surface area contributed by atoms with Crippen molar-refractivity contribution in [2.24, 2.45) is 23.5 Å². The normalized spacial score (nSPS) is 27.1. The maximum atomic E-state index is 14.1. The highest BCUT2D eigenvalue weighted by molar-refractivity contribution is 5.96. The molecular formula is C37H66N6O8. The van der Waals surface area contributed by atoms with Gasteiger partial charge < -0.3 is 41.7 Å². The average molecular weight is 723 g/mol. The van der Waals surface area contributed by atoms with E-state index in [2.05, 4.69) is 28.2 Å². The van der Waals surface area contributed by atoms with Gasteiger partial charge in [0.2, 0.25) is 29.5 Å². The van der Waals surface area contributed by atoms with Crippen LogP contribution in [0.4, 0.5) is 0 Å². The summed E-state index contributed by atoms with van der Waals surface area (Å²) in [6, 6.07) is -4.63. The molecule has 2 aliphatic rings. The molecule has 0 radical (unpaired) electrons. The van der Waals surface area contributed by atoms with Crippen molar-refractivity contribution >= 4 is 35.5 Å². The molecule has 6 atom stereocenters. The van der Waals surface area contributed by atoms with Crippen molar-refractivity contribution < 1.29 is 38.6 Å². The van der Waals surface area contributed by atoms with Gasteiger partial charge in [-0.3, -0.25) is 28.8 Å². The zero-order valence-electron chi connectivity index (χ0n) is 31.7. The number of ether oxygens (including phenoxy) is 1. The Balaban J connectivity index is 2.44. The van der Waals surface area contributed by atoms with Crippen molar-refractivity contribution in [3.63, 3.8) is 0 Å². The van der Waals surface area contributed by atoms with Crippen LogP contribution in [0.2, 0.25) is 0 Å². The number of cyclic esters (lactones) is 1. The number of carbonyl (C=O) groups is 6. The first-order chi connectivity index (χ1) is 24.3. The Hall–Kier alpha value is -3.26. The molecule has 7 N–H and O–H groups in total. The van der Waals surface area contributed by atoms with Gasteiger partial charge in [0.25, 0.3) is 0 Å². The molecule has 1 saturated carbocycles. The van der Waals surface area contributed by atoms with E-state index in [4.69, 9.17) is 10.5 Å². The van der Waals surface area contributed by atoms with Crippen molar-refractivity contribution in [1.82, 2.24) is 26.2 Å². The van der Waals surface area contributed by atoms with Crippen molar-refractivity contribution in [2.45, 2.75) is 154 Å². The molecule has 1 aliphatic carbocycles. The zero-order chi connectivity index (χ0) is 37.9. The van der Waals surface area contributed by atoms with E-state index in [1.807, 2.05) is 13.8 Å². The fourth-order valence-electron chi connectivity index (χ4n) is 6.98. The number of amides is 5. The molecule has 1 saturated heterocycles. The number of aliphatic hydroxyl groups is 1. The van der Waals surface area contributed by atoms with Gasteiger partial charge in [0, 0.05) is 13.6 Å². The Labute approximate surface area is 304 Å². The van der Waals surface area contributed by atoms with E-state index >= 15 is 0 Å². The van der Waals surface area contributed by atoms with Crippen LogP contribution >= 0.6 is 0 Å². The van der Waals surface area contributed by atoms with Crippen LogP contribution < -0.4 is 27.0 Å². The minimum Gasteiger partial charge on any atom is -0.460 e. The second-order valence-corrected chi connectivity index (χ2v) is 14.8. The van der Waals surface area contributed by atoms with Crippen LogP contribution in [0.1, 0.15) is 124 Å². The molecule has 0 bridgehead atoms. The second kappa shape index (κ2) is 23.3. The summed E-state index contributed by atoms with van der Waals surface area (Å²) < 4.78 is 5.81. The number of nitrogens with zero attached hydrogens (tertiary/aromatic N) is 1. The van der Waals surface area contributed by atoms with Crippen LogP contribution in [-0.2, 0) is 33.5 Å². The van der Waals surface area contributed by atoms with Crippen LogP contribution in [0.15, 0.2) is 0 Å². The van der Waals surface area contributed by atoms with E-state index in [1.165, 1.54) is 24.2 Å². The first kappa shape index (κ1) is 43.9. The largest absolute Gasteiger partial charge is 0.460 e. The number of rotatable bonds is 14. The minimum atomic E-state index is -1.44. The monoisotopic (exact) mass is 722 g/mol. The molecule has 0 spiro atoms. The predicted octanol–water partition coefficient (Wildman–Crippen LogP) is 2.05. The number of carbonyl (C=O) groups excluding carboxylic acids is 6. The maximum Gasteiger partial charge on any atom is 0.325 e. The number of nitrogens with two attached hydrogens (primary N) is 1. The highest BCUT2D eigenvalue weighted by Gasteiger charge is 2.39. The van der Waals surface area contributed by atoms with Gasteiger partial charge in [-0.1, -0.05) is 91.9 Å². The maximum absolute atomic E-state index is 14.1. The van der Waals surface area contributed by atoms with E-state index in [1.54, 1.807) is 14.0 Å². The fourth-order valence-corrected chi connectivity index (χ4v) is 6.98. The van der Waals surface area contributed by atoms with Gasteiger partial charge in [0.15, 0.2) is 0 Å². The zero-order valence-corrected chi connectivity index (χ0v) is 31.7. The SMILES string of the molecule is CCCCCCCCCC[C@H]1OC(=O)CNC(=O)[C@H](CO)NC(=O)[C@H](CN)NC(=O)[C@H](C2CCCCC2)NC(=O)[C@H](CC(C)C)N(C)C(=O)[C@@H]1C. The molecule has 1 heterocycles. The quantitative estimate of drug-likeness (QED) is 0.114. The number of nitrogens with one attached hydrogen (secondary N) is 4. The third-order valence-corrected chi connectivity index (χ3v) is 10.2. The number of esters is 1. The molecule has 0 unspecified atom stereocenters. The molecule has 14 heteroatoms. The Morgan fingerprint density at radius 2 is 1.43 bits per heavy atom. The lowest BCUT2D eigenvalue weighted by Crippen LogP contribution is -2.62. The molecule has 14 nitrogen and oxygen atoms in total. The highest BCUT2D eigenvalue weighted by Crippen LogP contribution is 2.28. The molecule has 0 aromatic heterocycles. The summed E-state index contributed by atoms with van der Waals surface area (Å²) in [4.78, 5) is 82.6. The summed E-state index contributed by atoms with van der Waals surface area (Å²) >= 11 is 0. The van der Waals surface area contributed by atoms with Gasteiger partial charge in [-0.2, -0.15) is 0 Å². The van der Waals surface area contributed by atoms with Crippen LogP contribution in [-0.4, -0.2) is 103 Å². The third kappa shape index (κ3) is 14.7. The standard InChI is InChI=1S/C37H66N6O8/c1-6-7-8-9-10-11-12-16-19-30-25(4)37(50)43(5)29(20-24(2)3)35(48)42-32(26-17-14-13-15-18-26)36(49)40-27(21-38)34(47)41-28(23-44)33(46)39-22-31(45)51-30/h24-30,32,44H,6-23,38H2,1-5H3,(H,39,46)(H,40,49)(H,41,47)(H,42,48)/t25-,27+,28+,29+,30-,32+/m1/s1. The van der Waals surface area contributed by atoms with Gasteiger partial charge in [-0.05, 0) is 43.9 Å². The summed E-state index contributed by atoms with van der Waals surface area (Å²) in [5.74, 6) is -4.89. The topological polar surface area (TPSA) is 209 Å². The number of aliphatic hydroxyl groups excluding tert-OH is 1. The van der Waals surface area contributed by atoms with Crippen LogP contribution in [0, 0.1) is 17.8 Å². The molecule has 5 amide bonds. The molecule has 2 fully saturated rings. The van der Waals surface area contributed by atoms with Crippen molar-refractivity contribution in [3.05, 3.63) is 0 Å². The number of hydrogen-bond donors (Lipinski definition) is 6. The molecule has 292 valence electrons. The third-order valence-electron chi connectivity index (χ3n) is 10.2. The van der Waals surface area contributed by atoms with E-state index in [0.717, 1.165) is 44.9 Å². The second-order valence-electron chi connectivity index (χ2n) is 14.8. The number of likely N-dealkylation sites (N-methyl/N-ethyl adjacent to an activating group) is 1. The van der Waals surface area contributed by atoms with Gasteiger partial charge in [-0.25, -0.2) is 0 Å². The van der Waals surface area contributed by atoms with Crippen LogP contribution in [0.5, 0.6) is 0 Å². The lowest BCUT2D eigenvalue weighted by molar-refractivity contribution is -0.157. The van der Waals surface area contributed by atoms with Crippen LogP contribution in [0.25, 0.3) is 0 Å². The summed E-state index contributed by atoms with van der Waals surface area (Å²) in [5, 5.41) is 20.3. The molecule has 1 aliphatic heterocycles.